The number of alkyl halides is 3. The molecule has 0 unspecified atom stereocenters. The van der Waals surface area contributed by atoms with Crippen molar-refractivity contribution >= 4 is 17.4 Å². The fourth-order valence-electron chi connectivity index (χ4n) is 4.69. The fraction of sp³-hybridized carbons (Fsp3) is 0.522. The highest BCUT2D eigenvalue weighted by Gasteiger charge is 2.42. The number of carbonyl (C=O) groups excluding carboxylic acids is 1. The third-order valence-electron chi connectivity index (χ3n) is 6.58. The molecule has 2 saturated heterocycles. The summed E-state index contributed by atoms with van der Waals surface area (Å²) in [5.41, 5.74) is 3.32. The van der Waals surface area contributed by atoms with Crippen LogP contribution in [0.2, 0.25) is 0 Å². The number of hydrogen-bond acceptors (Lipinski definition) is 9. The molecule has 2 fully saturated rings. The molecule has 4 rings (SSSR count). The molecule has 2 aromatic rings. The van der Waals surface area contributed by atoms with Crippen molar-refractivity contribution in [1.82, 2.24) is 20.1 Å². The zero-order valence-corrected chi connectivity index (χ0v) is 19.9. The van der Waals surface area contributed by atoms with Crippen LogP contribution in [0.25, 0.3) is 0 Å². The largest absolute Gasteiger partial charge is 0.423 e. The summed E-state index contributed by atoms with van der Waals surface area (Å²) in [5, 5.41) is 14.3. The van der Waals surface area contributed by atoms with Crippen LogP contribution in [0.4, 0.5) is 24.7 Å². The molecule has 37 heavy (non-hydrogen) atoms. The first-order valence-electron chi connectivity index (χ1n) is 11.8. The third kappa shape index (κ3) is 6.00. The van der Waals surface area contributed by atoms with E-state index in [1.54, 1.807) is 17.0 Å². The summed E-state index contributed by atoms with van der Waals surface area (Å²) in [7, 11) is 0. The number of piperazine rings is 1. The molecule has 4 heterocycles. The SMILES string of the molecule is N#Cc1ccc(N2CCN(C(=O)CCO[C@H]3C[C@@H](CN)N(c4cn[nH]c(=O)c4C(F)(F)F)C3)CC2)nc1. The normalized spacial score (nSPS) is 20.2. The van der Waals surface area contributed by atoms with Gasteiger partial charge in [-0.05, 0) is 18.6 Å². The molecule has 0 bridgehead atoms. The molecule has 1 amide bonds. The highest BCUT2D eigenvalue weighted by molar-refractivity contribution is 5.76. The summed E-state index contributed by atoms with van der Waals surface area (Å²) in [4.78, 5) is 34.0. The molecule has 2 aliphatic rings. The zero-order valence-electron chi connectivity index (χ0n) is 19.9. The molecule has 0 radical (unpaired) electrons. The number of amides is 1. The Morgan fingerprint density at radius 1 is 1.24 bits per heavy atom. The first-order valence-corrected chi connectivity index (χ1v) is 11.8. The number of ether oxygens (including phenoxy) is 1. The molecule has 198 valence electrons. The van der Waals surface area contributed by atoms with Gasteiger partial charge >= 0.3 is 6.18 Å². The highest BCUT2D eigenvalue weighted by atomic mass is 19.4. The number of halogens is 3. The topological polar surface area (TPSA) is 144 Å². The number of rotatable bonds is 7. The van der Waals surface area contributed by atoms with Gasteiger partial charge in [0.1, 0.15) is 17.5 Å². The second-order valence-corrected chi connectivity index (χ2v) is 8.86. The van der Waals surface area contributed by atoms with Crippen LogP contribution in [-0.4, -0.2) is 84.0 Å². The summed E-state index contributed by atoms with van der Waals surface area (Å²) in [6.07, 6.45) is -2.30. The van der Waals surface area contributed by atoms with E-state index in [1.807, 2.05) is 16.1 Å². The molecule has 0 aromatic carbocycles. The third-order valence-corrected chi connectivity index (χ3v) is 6.58. The second kappa shape index (κ2) is 11.1. The molecule has 2 aliphatic heterocycles. The van der Waals surface area contributed by atoms with Crippen LogP contribution in [0, 0.1) is 11.3 Å². The predicted octanol–water partition coefficient (Wildman–Crippen LogP) is 0.717. The minimum absolute atomic E-state index is 0.0707. The van der Waals surface area contributed by atoms with Crippen LogP contribution >= 0.6 is 0 Å². The minimum atomic E-state index is -4.85. The van der Waals surface area contributed by atoms with E-state index in [2.05, 4.69) is 10.1 Å². The summed E-state index contributed by atoms with van der Waals surface area (Å²) >= 11 is 0. The Morgan fingerprint density at radius 3 is 2.62 bits per heavy atom. The van der Waals surface area contributed by atoms with E-state index in [1.165, 1.54) is 11.1 Å². The number of nitriles is 1. The Bertz CT molecular complexity index is 1190. The maximum absolute atomic E-state index is 13.5. The van der Waals surface area contributed by atoms with E-state index in [-0.39, 0.29) is 37.7 Å². The monoisotopic (exact) mass is 520 g/mol. The molecule has 11 nitrogen and oxygen atoms in total. The van der Waals surface area contributed by atoms with Gasteiger partial charge in [0.2, 0.25) is 5.91 Å². The highest BCUT2D eigenvalue weighted by Crippen LogP contribution is 2.36. The Kier molecular flexibility index (Phi) is 7.94. The maximum atomic E-state index is 13.5. The van der Waals surface area contributed by atoms with Gasteiger partial charge in [0.05, 0.1) is 36.6 Å². The lowest BCUT2D eigenvalue weighted by molar-refractivity contribution is -0.138. The number of hydrogen-bond donors (Lipinski definition) is 2. The Labute approximate surface area is 210 Å². The zero-order chi connectivity index (χ0) is 26.6. The van der Waals surface area contributed by atoms with Crippen molar-refractivity contribution in [3.05, 3.63) is 46.0 Å². The molecule has 0 saturated carbocycles. The van der Waals surface area contributed by atoms with Gasteiger partial charge in [-0.15, -0.1) is 0 Å². The number of H-pyrrole nitrogens is 1. The average Bonchev–Trinajstić information content (AvgIpc) is 3.31. The number of carbonyl (C=O) groups is 1. The summed E-state index contributed by atoms with van der Waals surface area (Å²) in [6.45, 7) is 2.53. The van der Waals surface area contributed by atoms with E-state index in [0.29, 0.717) is 38.2 Å². The molecule has 0 spiro atoms. The molecule has 14 heteroatoms. The lowest BCUT2D eigenvalue weighted by atomic mass is 10.1. The van der Waals surface area contributed by atoms with Gasteiger partial charge in [0, 0.05) is 51.5 Å². The van der Waals surface area contributed by atoms with Crippen molar-refractivity contribution in [3.8, 4) is 6.07 Å². The molecule has 0 aliphatic carbocycles. The van der Waals surface area contributed by atoms with Crippen molar-refractivity contribution in [1.29, 1.82) is 5.26 Å². The first kappa shape index (κ1) is 26.4. The number of aromatic amines is 1. The van der Waals surface area contributed by atoms with Crippen molar-refractivity contribution in [2.45, 2.75) is 31.2 Å². The minimum Gasteiger partial charge on any atom is -0.376 e. The van der Waals surface area contributed by atoms with E-state index >= 15 is 0 Å². The number of nitrogens with zero attached hydrogens (tertiary/aromatic N) is 6. The van der Waals surface area contributed by atoms with Gasteiger partial charge < -0.3 is 25.2 Å². The molecular weight excluding hydrogens is 493 g/mol. The Morgan fingerprint density at radius 2 is 2.00 bits per heavy atom. The van der Waals surface area contributed by atoms with Crippen molar-refractivity contribution in [2.24, 2.45) is 5.73 Å². The lowest BCUT2D eigenvalue weighted by Gasteiger charge is -2.35. The van der Waals surface area contributed by atoms with Gasteiger partial charge in [0.15, 0.2) is 0 Å². The van der Waals surface area contributed by atoms with Gasteiger partial charge in [0.25, 0.3) is 5.56 Å². The Hall–Kier alpha value is -3.70. The van der Waals surface area contributed by atoms with Gasteiger partial charge in [-0.3, -0.25) is 9.59 Å². The number of nitrogens with one attached hydrogen (secondary N) is 1. The number of pyridine rings is 1. The number of nitrogens with two attached hydrogens (primary N) is 1. The smallest absolute Gasteiger partial charge is 0.376 e. The van der Waals surface area contributed by atoms with Gasteiger partial charge in [-0.2, -0.15) is 23.5 Å². The standard InChI is InChI=1S/C23H27F3N8O3/c24-23(25,26)21-18(13-30-31-22(21)36)34-14-17(9-16(34)11-28)37-8-3-20(35)33-6-4-32(5-7-33)19-2-1-15(10-27)12-29-19/h1-2,12-13,16-17H,3-9,11,14,28H2,(H,31,36)/t16-,17-/m0/s1. The quantitative estimate of drug-likeness (QED) is 0.539. The summed E-state index contributed by atoms with van der Waals surface area (Å²) in [6, 6.07) is 5.05. The van der Waals surface area contributed by atoms with Crippen LogP contribution in [0.1, 0.15) is 24.0 Å². The Balaban J connectivity index is 1.28. The fourth-order valence-corrected chi connectivity index (χ4v) is 4.69. The first-order chi connectivity index (χ1) is 17.7. The average molecular weight is 521 g/mol. The van der Waals surface area contributed by atoms with Crippen molar-refractivity contribution < 1.29 is 22.7 Å². The van der Waals surface area contributed by atoms with E-state index in [0.717, 1.165) is 12.0 Å². The van der Waals surface area contributed by atoms with Crippen LogP contribution in [-0.2, 0) is 15.7 Å². The molecule has 3 N–H and O–H groups in total. The molecular formula is C23H27F3N8O3. The van der Waals surface area contributed by atoms with Gasteiger partial charge in [-0.25, -0.2) is 10.1 Å². The van der Waals surface area contributed by atoms with Crippen LogP contribution in [0.3, 0.4) is 0 Å². The van der Waals surface area contributed by atoms with Gasteiger partial charge in [-0.1, -0.05) is 0 Å². The van der Waals surface area contributed by atoms with Crippen molar-refractivity contribution in [3.63, 3.8) is 0 Å². The van der Waals surface area contributed by atoms with Crippen molar-refractivity contribution in [2.75, 3.05) is 55.7 Å². The van der Waals surface area contributed by atoms with Crippen LogP contribution in [0.5, 0.6) is 0 Å². The predicted molar refractivity (Wildman–Crippen MR) is 127 cm³/mol. The van der Waals surface area contributed by atoms with Crippen LogP contribution < -0.4 is 21.1 Å². The number of aromatic nitrogens is 3. The second-order valence-electron chi connectivity index (χ2n) is 8.86. The summed E-state index contributed by atoms with van der Waals surface area (Å²) < 4.78 is 46.4. The summed E-state index contributed by atoms with van der Waals surface area (Å²) in [5.74, 6) is 0.676. The number of anilines is 2. The van der Waals surface area contributed by atoms with E-state index in [9.17, 15) is 22.8 Å². The molecule has 2 aromatic heterocycles. The molecule has 2 atom stereocenters. The maximum Gasteiger partial charge on any atom is 0.423 e. The lowest BCUT2D eigenvalue weighted by Crippen LogP contribution is -2.49. The van der Waals surface area contributed by atoms with Crippen LogP contribution in [0.15, 0.2) is 29.3 Å². The van der Waals surface area contributed by atoms with E-state index in [4.69, 9.17) is 15.7 Å². The van der Waals surface area contributed by atoms with E-state index < -0.39 is 29.4 Å².